The lowest BCUT2D eigenvalue weighted by Gasteiger charge is -2.26. The Bertz CT molecular complexity index is 737. The number of carbonyl (C=O) groups is 2. The average molecular weight is 387 g/mol. The van der Waals surface area contributed by atoms with Gasteiger partial charge in [0.2, 0.25) is 0 Å². The molecule has 2 heterocycles. The molecular formula is C21H26N2O3S. The normalized spacial score (nSPS) is 15.2. The number of nitrogens with zero attached hydrogens (tertiary/aromatic N) is 1. The molecule has 1 aromatic carbocycles. The monoisotopic (exact) mass is 386 g/mol. The average Bonchev–Trinajstić information content (AvgIpc) is 3.25. The lowest BCUT2D eigenvalue weighted by atomic mass is 10.1. The first kappa shape index (κ1) is 19.4. The van der Waals surface area contributed by atoms with Crippen LogP contribution in [-0.4, -0.2) is 36.4 Å². The summed E-state index contributed by atoms with van der Waals surface area (Å²) in [5, 5.41) is 5.08. The van der Waals surface area contributed by atoms with Gasteiger partial charge in [-0.05, 0) is 61.4 Å². The van der Waals surface area contributed by atoms with Gasteiger partial charge in [-0.15, -0.1) is 11.3 Å². The van der Waals surface area contributed by atoms with Gasteiger partial charge >= 0.3 is 0 Å². The Balaban J connectivity index is 1.51. The highest BCUT2D eigenvalue weighted by molar-refractivity contribution is 7.10. The summed E-state index contributed by atoms with van der Waals surface area (Å²) in [6, 6.07) is 11.0. The predicted octanol–water partition coefficient (Wildman–Crippen LogP) is 4.02. The van der Waals surface area contributed by atoms with Crippen LogP contribution in [-0.2, 0) is 4.79 Å². The van der Waals surface area contributed by atoms with E-state index in [0.717, 1.165) is 37.2 Å². The number of hydrogen-bond acceptors (Lipinski definition) is 4. The predicted molar refractivity (Wildman–Crippen MR) is 107 cm³/mol. The molecule has 3 rings (SSSR count). The van der Waals surface area contributed by atoms with Gasteiger partial charge in [0.1, 0.15) is 5.75 Å². The van der Waals surface area contributed by atoms with Crippen LogP contribution in [0.2, 0.25) is 0 Å². The molecule has 1 fully saturated rings. The highest BCUT2D eigenvalue weighted by Gasteiger charge is 2.17. The first-order chi connectivity index (χ1) is 13.2. The van der Waals surface area contributed by atoms with Gasteiger partial charge in [-0.25, -0.2) is 0 Å². The molecule has 144 valence electrons. The van der Waals surface area contributed by atoms with E-state index in [1.165, 1.54) is 6.42 Å². The third-order valence-electron chi connectivity index (χ3n) is 4.79. The first-order valence-corrected chi connectivity index (χ1v) is 10.4. The van der Waals surface area contributed by atoms with Crippen molar-refractivity contribution in [2.45, 2.75) is 38.6 Å². The summed E-state index contributed by atoms with van der Waals surface area (Å²) in [7, 11) is 0. The van der Waals surface area contributed by atoms with Gasteiger partial charge in [0, 0.05) is 23.5 Å². The molecule has 27 heavy (non-hydrogen) atoms. The molecule has 1 atom stereocenters. The topological polar surface area (TPSA) is 58.6 Å². The Morgan fingerprint density at radius 1 is 1.15 bits per heavy atom. The van der Waals surface area contributed by atoms with Crippen LogP contribution in [0.4, 0.5) is 0 Å². The summed E-state index contributed by atoms with van der Waals surface area (Å²) in [5.74, 6) is 0.520. The van der Waals surface area contributed by atoms with Crippen molar-refractivity contribution >= 4 is 23.2 Å². The summed E-state index contributed by atoms with van der Waals surface area (Å²) in [6.07, 6.45) is 4.17. The Kier molecular flexibility index (Phi) is 6.87. The number of benzene rings is 1. The molecule has 0 unspecified atom stereocenters. The fourth-order valence-corrected chi connectivity index (χ4v) is 4.05. The van der Waals surface area contributed by atoms with Crippen LogP contribution in [0.25, 0.3) is 0 Å². The van der Waals surface area contributed by atoms with Gasteiger partial charge in [-0.2, -0.15) is 0 Å². The lowest BCUT2D eigenvalue weighted by Crippen LogP contribution is -2.38. The summed E-state index contributed by atoms with van der Waals surface area (Å²) >= 11 is 1.65. The van der Waals surface area contributed by atoms with Crippen molar-refractivity contribution in [3.05, 3.63) is 52.2 Å². The molecule has 0 spiro atoms. The molecule has 0 saturated carbocycles. The van der Waals surface area contributed by atoms with E-state index in [9.17, 15) is 9.59 Å². The molecule has 0 radical (unpaired) electrons. The quantitative estimate of drug-likeness (QED) is 0.782. The van der Waals surface area contributed by atoms with Crippen molar-refractivity contribution in [2.24, 2.45) is 0 Å². The second-order valence-electron chi connectivity index (χ2n) is 6.70. The van der Waals surface area contributed by atoms with Crippen LogP contribution < -0.4 is 10.1 Å². The maximum absolute atomic E-state index is 12.5. The second-order valence-corrected chi connectivity index (χ2v) is 7.68. The van der Waals surface area contributed by atoms with Gasteiger partial charge in [0.15, 0.2) is 6.61 Å². The molecule has 2 aromatic rings. The zero-order valence-electron chi connectivity index (χ0n) is 15.6. The molecule has 0 bridgehead atoms. The van der Waals surface area contributed by atoms with Crippen LogP contribution in [0.1, 0.15) is 53.9 Å². The van der Waals surface area contributed by atoms with Gasteiger partial charge in [0.05, 0.1) is 6.04 Å². The smallest absolute Gasteiger partial charge is 0.260 e. The first-order valence-electron chi connectivity index (χ1n) is 9.52. The van der Waals surface area contributed by atoms with E-state index in [1.54, 1.807) is 35.6 Å². The summed E-state index contributed by atoms with van der Waals surface area (Å²) in [6.45, 7) is 3.75. The van der Waals surface area contributed by atoms with Gasteiger partial charge in [-0.1, -0.05) is 13.0 Å². The Labute approximate surface area is 164 Å². The minimum atomic E-state index is -0.105. The standard InChI is InChI=1S/C21H26N2O3S/c1-2-18(19-7-6-14-27-19)22-21(25)16-8-10-17(11-9-16)26-15-20(24)23-12-4-3-5-13-23/h6-11,14,18H,2-5,12-13,15H2,1H3,(H,22,25)/t18-/m0/s1. The van der Waals surface area contributed by atoms with Crippen molar-refractivity contribution < 1.29 is 14.3 Å². The highest BCUT2D eigenvalue weighted by atomic mass is 32.1. The van der Waals surface area contributed by atoms with E-state index in [-0.39, 0.29) is 24.5 Å². The molecule has 1 aromatic heterocycles. The Hall–Kier alpha value is -2.34. The second kappa shape index (κ2) is 9.55. The van der Waals surface area contributed by atoms with E-state index in [1.807, 2.05) is 22.4 Å². The number of hydrogen-bond donors (Lipinski definition) is 1. The SMILES string of the molecule is CC[C@H](NC(=O)c1ccc(OCC(=O)N2CCCCC2)cc1)c1cccs1. The minimum Gasteiger partial charge on any atom is -0.484 e. The molecule has 1 N–H and O–H groups in total. The number of thiophene rings is 1. The number of likely N-dealkylation sites (tertiary alicyclic amines) is 1. The third-order valence-corrected chi connectivity index (χ3v) is 5.77. The number of amides is 2. The van der Waals surface area contributed by atoms with Crippen LogP contribution in [0.3, 0.4) is 0 Å². The molecule has 0 aliphatic carbocycles. The third kappa shape index (κ3) is 5.32. The fraction of sp³-hybridized carbons (Fsp3) is 0.429. The van der Waals surface area contributed by atoms with Crippen molar-refractivity contribution in [1.29, 1.82) is 0 Å². The molecule has 6 heteroatoms. The maximum atomic E-state index is 12.5. The van der Waals surface area contributed by atoms with Crippen molar-refractivity contribution in [1.82, 2.24) is 10.2 Å². The molecule has 5 nitrogen and oxygen atoms in total. The van der Waals surface area contributed by atoms with Crippen molar-refractivity contribution in [2.75, 3.05) is 19.7 Å². The zero-order chi connectivity index (χ0) is 19.1. The van der Waals surface area contributed by atoms with Crippen LogP contribution in [0, 0.1) is 0 Å². The van der Waals surface area contributed by atoms with Crippen molar-refractivity contribution in [3.63, 3.8) is 0 Å². The number of carbonyl (C=O) groups excluding carboxylic acids is 2. The highest BCUT2D eigenvalue weighted by Crippen LogP contribution is 2.22. The largest absolute Gasteiger partial charge is 0.484 e. The molecule has 1 aliphatic heterocycles. The summed E-state index contributed by atoms with van der Waals surface area (Å²) in [5.41, 5.74) is 0.583. The Morgan fingerprint density at radius 2 is 1.89 bits per heavy atom. The number of piperidine rings is 1. The lowest BCUT2D eigenvalue weighted by molar-refractivity contribution is -0.134. The minimum absolute atomic E-state index is 0.0237. The van der Waals surface area contributed by atoms with Crippen LogP contribution in [0.15, 0.2) is 41.8 Å². The summed E-state index contributed by atoms with van der Waals surface area (Å²) < 4.78 is 5.60. The number of nitrogens with one attached hydrogen (secondary N) is 1. The van der Waals surface area contributed by atoms with E-state index in [0.29, 0.717) is 11.3 Å². The van der Waals surface area contributed by atoms with E-state index in [4.69, 9.17) is 4.74 Å². The molecule has 1 aliphatic rings. The van der Waals surface area contributed by atoms with Gasteiger partial charge < -0.3 is 15.0 Å². The maximum Gasteiger partial charge on any atom is 0.260 e. The molecule has 1 saturated heterocycles. The Morgan fingerprint density at radius 3 is 2.52 bits per heavy atom. The molecule has 2 amide bonds. The zero-order valence-corrected chi connectivity index (χ0v) is 16.5. The van der Waals surface area contributed by atoms with Gasteiger partial charge in [0.25, 0.3) is 11.8 Å². The fourth-order valence-electron chi connectivity index (χ4n) is 3.19. The van der Waals surface area contributed by atoms with Gasteiger partial charge in [-0.3, -0.25) is 9.59 Å². The van der Waals surface area contributed by atoms with Crippen LogP contribution >= 0.6 is 11.3 Å². The number of rotatable bonds is 7. The molecular weight excluding hydrogens is 360 g/mol. The number of ether oxygens (including phenoxy) is 1. The van der Waals surface area contributed by atoms with E-state index in [2.05, 4.69) is 12.2 Å². The van der Waals surface area contributed by atoms with Crippen LogP contribution in [0.5, 0.6) is 5.75 Å². The van der Waals surface area contributed by atoms with E-state index < -0.39 is 0 Å². The van der Waals surface area contributed by atoms with E-state index >= 15 is 0 Å². The summed E-state index contributed by atoms with van der Waals surface area (Å²) in [4.78, 5) is 27.7. The van der Waals surface area contributed by atoms with Crippen molar-refractivity contribution in [3.8, 4) is 5.75 Å².